The SMILES string of the molecule is CC(C)N1CCC(NC2CCOCC2)CC1. The van der Waals surface area contributed by atoms with Crippen LogP contribution in [0.25, 0.3) is 0 Å². The van der Waals surface area contributed by atoms with Gasteiger partial charge in [0.2, 0.25) is 0 Å². The highest BCUT2D eigenvalue weighted by Gasteiger charge is 2.23. The molecule has 16 heavy (non-hydrogen) atoms. The van der Waals surface area contributed by atoms with Gasteiger partial charge in [-0.25, -0.2) is 0 Å². The van der Waals surface area contributed by atoms with Crippen LogP contribution < -0.4 is 5.32 Å². The van der Waals surface area contributed by atoms with E-state index < -0.39 is 0 Å². The van der Waals surface area contributed by atoms with Crippen LogP contribution in [0.15, 0.2) is 0 Å². The Morgan fingerprint density at radius 2 is 1.56 bits per heavy atom. The topological polar surface area (TPSA) is 24.5 Å². The summed E-state index contributed by atoms with van der Waals surface area (Å²) >= 11 is 0. The Hall–Kier alpha value is -0.120. The molecule has 94 valence electrons. The van der Waals surface area contributed by atoms with Gasteiger partial charge < -0.3 is 15.0 Å². The minimum absolute atomic E-state index is 0.712. The van der Waals surface area contributed by atoms with Crippen molar-refractivity contribution in [2.24, 2.45) is 0 Å². The Labute approximate surface area is 99.5 Å². The first-order valence-electron chi connectivity index (χ1n) is 6.83. The molecule has 3 heteroatoms. The van der Waals surface area contributed by atoms with Crippen LogP contribution in [0.5, 0.6) is 0 Å². The maximum atomic E-state index is 5.39. The van der Waals surface area contributed by atoms with Crippen molar-refractivity contribution >= 4 is 0 Å². The van der Waals surface area contributed by atoms with E-state index in [1.807, 2.05) is 0 Å². The average molecular weight is 226 g/mol. The molecule has 0 atom stereocenters. The number of nitrogens with zero attached hydrogens (tertiary/aromatic N) is 1. The molecule has 0 spiro atoms. The van der Waals surface area contributed by atoms with Gasteiger partial charge >= 0.3 is 0 Å². The van der Waals surface area contributed by atoms with E-state index in [0.29, 0.717) is 12.1 Å². The van der Waals surface area contributed by atoms with Crippen molar-refractivity contribution in [3.63, 3.8) is 0 Å². The van der Waals surface area contributed by atoms with Crippen molar-refractivity contribution < 1.29 is 4.74 Å². The predicted molar refractivity (Wildman–Crippen MR) is 66.7 cm³/mol. The number of likely N-dealkylation sites (tertiary alicyclic amines) is 1. The Morgan fingerprint density at radius 3 is 2.12 bits per heavy atom. The Bertz CT molecular complexity index is 194. The Balaban J connectivity index is 1.68. The molecule has 0 aromatic heterocycles. The molecule has 2 heterocycles. The molecule has 0 unspecified atom stereocenters. The number of piperidine rings is 1. The summed E-state index contributed by atoms with van der Waals surface area (Å²) in [6.45, 7) is 9.01. The lowest BCUT2D eigenvalue weighted by Crippen LogP contribution is -2.49. The van der Waals surface area contributed by atoms with Gasteiger partial charge in [0, 0.05) is 31.3 Å². The second kappa shape index (κ2) is 5.99. The van der Waals surface area contributed by atoms with Crippen LogP contribution in [0, 0.1) is 0 Å². The molecule has 0 aromatic rings. The predicted octanol–water partition coefficient (Wildman–Crippen LogP) is 1.63. The summed E-state index contributed by atoms with van der Waals surface area (Å²) in [5, 5.41) is 3.81. The van der Waals surface area contributed by atoms with E-state index in [9.17, 15) is 0 Å². The van der Waals surface area contributed by atoms with Crippen molar-refractivity contribution in [1.82, 2.24) is 10.2 Å². The molecule has 2 fully saturated rings. The molecule has 0 aliphatic carbocycles. The van der Waals surface area contributed by atoms with Crippen LogP contribution in [0.2, 0.25) is 0 Å². The summed E-state index contributed by atoms with van der Waals surface area (Å²) in [7, 11) is 0. The van der Waals surface area contributed by atoms with Gasteiger partial charge in [-0.2, -0.15) is 0 Å². The van der Waals surface area contributed by atoms with Crippen molar-refractivity contribution in [1.29, 1.82) is 0 Å². The first-order valence-corrected chi connectivity index (χ1v) is 6.83. The summed E-state index contributed by atoms with van der Waals surface area (Å²) in [4.78, 5) is 2.59. The maximum Gasteiger partial charge on any atom is 0.0480 e. The lowest BCUT2D eigenvalue weighted by molar-refractivity contribution is 0.0692. The highest BCUT2D eigenvalue weighted by molar-refractivity contribution is 4.82. The van der Waals surface area contributed by atoms with Crippen LogP contribution in [-0.4, -0.2) is 49.3 Å². The Morgan fingerprint density at radius 1 is 1.00 bits per heavy atom. The second-order valence-electron chi connectivity index (χ2n) is 5.46. The van der Waals surface area contributed by atoms with Gasteiger partial charge in [-0.1, -0.05) is 0 Å². The molecule has 2 aliphatic heterocycles. The number of hydrogen-bond donors (Lipinski definition) is 1. The summed E-state index contributed by atoms with van der Waals surface area (Å²) in [5.41, 5.74) is 0. The standard InChI is InChI=1S/C13H26N2O/c1-11(2)15-7-3-12(4-8-15)14-13-5-9-16-10-6-13/h11-14H,3-10H2,1-2H3. The molecule has 0 bridgehead atoms. The second-order valence-corrected chi connectivity index (χ2v) is 5.46. The minimum atomic E-state index is 0.712. The molecule has 2 saturated heterocycles. The van der Waals surface area contributed by atoms with Gasteiger partial charge in [-0.3, -0.25) is 0 Å². The van der Waals surface area contributed by atoms with Gasteiger partial charge in [0.1, 0.15) is 0 Å². The summed E-state index contributed by atoms with van der Waals surface area (Å²) < 4.78 is 5.39. The molecule has 0 aromatic carbocycles. The molecule has 3 nitrogen and oxygen atoms in total. The van der Waals surface area contributed by atoms with Gasteiger partial charge in [0.05, 0.1) is 0 Å². The van der Waals surface area contributed by atoms with Gasteiger partial charge in [-0.05, 0) is 52.6 Å². The van der Waals surface area contributed by atoms with Crippen LogP contribution in [-0.2, 0) is 4.74 Å². The third-order valence-corrected chi connectivity index (χ3v) is 3.95. The van der Waals surface area contributed by atoms with E-state index >= 15 is 0 Å². The fourth-order valence-electron chi connectivity index (χ4n) is 2.78. The van der Waals surface area contributed by atoms with Crippen molar-refractivity contribution in [2.75, 3.05) is 26.3 Å². The summed E-state index contributed by atoms with van der Waals surface area (Å²) in [6.07, 6.45) is 5.03. The molecule has 2 rings (SSSR count). The summed E-state index contributed by atoms with van der Waals surface area (Å²) in [6, 6.07) is 2.17. The lowest BCUT2D eigenvalue weighted by atomic mass is 10.0. The van der Waals surface area contributed by atoms with E-state index in [2.05, 4.69) is 24.1 Å². The number of ether oxygens (including phenoxy) is 1. The van der Waals surface area contributed by atoms with E-state index in [1.54, 1.807) is 0 Å². The molecule has 0 saturated carbocycles. The highest BCUT2D eigenvalue weighted by atomic mass is 16.5. The molecular weight excluding hydrogens is 200 g/mol. The van der Waals surface area contributed by atoms with E-state index in [-0.39, 0.29) is 0 Å². The van der Waals surface area contributed by atoms with Crippen LogP contribution in [0.3, 0.4) is 0 Å². The highest BCUT2D eigenvalue weighted by Crippen LogP contribution is 2.15. The zero-order valence-corrected chi connectivity index (χ0v) is 10.7. The van der Waals surface area contributed by atoms with E-state index in [0.717, 1.165) is 19.3 Å². The van der Waals surface area contributed by atoms with Crippen molar-refractivity contribution in [3.8, 4) is 0 Å². The molecular formula is C13H26N2O. The smallest absolute Gasteiger partial charge is 0.0480 e. The molecule has 1 N–H and O–H groups in total. The zero-order chi connectivity index (χ0) is 11.4. The zero-order valence-electron chi connectivity index (χ0n) is 10.7. The van der Waals surface area contributed by atoms with Crippen LogP contribution in [0.4, 0.5) is 0 Å². The largest absolute Gasteiger partial charge is 0.381 e. The fourth-order valence-corrected chi connectivity index (χ4v) is 2.78. The number of nitrogens with one attached hydrogen (secondary N) is 1. The van der Waals surface area contributed by atoms with Gasteiger partial charge in [0.25, 0.3) is 0 Å². The maximum absolute atomic E-state index is 5.39. The summed E-state index contributed by atoms with van der Waals surface area (Å²) in [5.74, 6) is 0. The minimum Gasteiger partial charge on any atom is -0.381 e. The molecule has 0 amide bonds. The average Bonchev–Trinajstić information content (AvgIpc) is 2.31. The Kier molecular flexibility index (Phi) is 4.62. The molecule has 2 aliphatic rings. The third-order valence-electron chi connectivity index (χ3n) is 3.95. The molecule has 0 radical (unpaired) electrons. The van der Waals surface area contributed by atoms with Crippen LogP contribution in [0.1, 0.15) is 39.5 Å². The lowest BCUT2D eigenvalue weighted by Gasteiger charge is -2.37. The normalized spacial score (nSPS) is 26.4. The van der Waals surface area contributed by atoms with Crippen molar-refractivity contribution in [3.05, 3.63) is 0 Å². The third kappa shape index (κ3) is 3.44. The first-order chi connectivity index (χ1) is 7.75. The number of hydrogen-bond acceptors (Lipinski definition) is 3. The quantitative estimate of drug-likeness (QED) is 0.791. The van der Waals surface area contributed by atoms with Gasteiger partial charge in [-0.15, -0.1) is 0 Å². The van der Waals surface area contributed by atoms with Gasteiger partial charge in [0.15, 0.2) is 0 Å². The first kappa shape index (κ1) is 12.3. The number of rotatable bonds is 3. The van der Waals surface area contributed by atoms with E-state index in [1.165, 1.54) is 38.8 Å². The monoisotopic (exact) mass is 226 g/mol. The fraction of sp³-hybridized carbons (Fsp3) is 1.00. The van der Waals surface area contributed by atoms with E-state index in [4.69, 9.17) is 4.74 Å². The van der Waals surface area contributed by atoms with Crippen molar-refractivity contribution in [2.45, 2.75) is 57.7 Å². The van der Waals surface area contributed by atoms with Crippen LogP contribution >= 0.6 is 0 Å².